The summed E-state index contributed by atoms with van der Waals surface area (Å²) in [4.78, 5) is 11.4. The summed E-state index contributed by atoms with van der Waals surface area (Å²) in [7, 11) is -3.66. The summed E-state index contributed by atoms with van der Waals surface area (Å²) in [5.41, 5.74) is 0.334. The van der Waals surface area contributed by atoms with E-state index in [1.165, 1.54) is 4.31 Å². The Labute approximate surface area is 99.6 Å². The van der Waals surface area contributed by atoms with Crippen LogP contribution < -0.4 is 0 Å². The number of ketones is 1. The highest BCUT2D eigenvalue weighted by Crippen LogP contribution is 2.24. The lowest BCUT2D eigenvalue weighted by Crippen LogP contribution is -2.40. The molecule has 1 aromatic rings. The maximum Gasteiger partial charge on any atom is 0.248 e. The highest BCUT2D eigenvalue weighted by atomic mass is 32.2. The van der Waals surface area contributed by atoms with Gasteiger partial charge in [-0.25, -0.2) is 8.42 Å². The minimum atomic E-state index is -3.66. The summed E-state index contributed by atoms with van der Waals surface area (Å²) in [6, 6.07) is 0. The Morgan fingerprint density at radius 1 is 1.35 bits per heavy atom. The zero-order chi connectivity index (χ0) is 12.6. The summed E-state index contributed by atoms with van der Waals surface area (Å²) in [5.74, 6) is 0.215. The number of nitrogens with zero attached hydrogens (tertiary/aromatic N) is 2. The van der Waals surface area contributed by atoms with Gasteiger partial charge in [-0.3, -0.25) is 4.79 Å². The predicted molar refractivity (Wildman–Crippen MR) is 59.0 cm³/mol. The first-order valence-electron chi connectivity index (χ1n) is 5.37. The van der Waals surface area contributed by atoms with E-state index in [1.54, 1.807) is 13.8 Å². The largest absolute Gasteiger partial charge is 0.360 e. The number of rotatable bonds is 2. The monoisotopic (exact) mass is 258 g/mol. The van der Waals surface area contributed by atoms with Crippen molar-refractivity contribution in [2.24, 2.45) is 0 Å². The Balaban J connectivity index is 2.40. The number of carbonyl (C=O) groups is 1. The molecule has 6 nitrogen and oxygen atoms in total. The van der Waals surface area contributed by atoms with E-state index in [1.807, 2.05) is 0 Å². The van der Waals surface area contributed by atoms with E-state index in [0.717, 1.165) is 0 Å². The van der Waals surface area contributed by atoms with Crippen LogP contribution in [0.15, 0.2) is 9.42 Å². The van der Waals surface area contributed by atoms with Crippen molar-refractivity contribution in [1.29, 1.82) is 0 Å². The molecule has 7 heteroatoms. The Morgan fingerprint density at radius 3 is 2.59 bits per heavy atom. The molecule has 0 saturated carbocycles. The quantitative estimate of drug-likeness (QED) is 0.777. The van der Waals surface area contributed by atoms with Crippen molar-refractivity contribution in [2.75, 3.05) is 13.1 Å². The molecule has 0 amide bonds. The molecular formula is C10H14N2O4S. The summed E-state index contributed by atoms with van der Waals surface area (Å²) in [6.07, 6.45) is 1.02. The Kier molecular flexibility index (Phi) is 3.05. The van der Waals surface area contributed by atoms with Crippen LogP contribution in [0.2, 0.25) is 0 Å². The van der Waals surface area contributed by atoms with Gasteiger partial charge in [-0.05, 0) is 20.3 Å². The molecule has 1 saturated heterocycles. The fraction of sp³-hybridized carbons (Fsp3) is 0.600. The number of carbonyl (C=O) groups excluding carboxylic acids is 1. The number of sulfonamides is 1. The van der Waals surface area contributed by atoms with Crippen LogP contribution in [0.1, 0.15) is 24.3 Å². The molecule has 0 atom stereocenters. The molecule has 1 aromatic heterocycles. The number of aryl methyl sites for hydroxylation is 2. The van der Waals surface area contributed by atoms with E-state index in [0.29, 0.717) is 25.1 Å². The number of piperidine rings is 1. The van der Waals surface area contributed by atoms with E-state index in [-0.39, 0.29) is 23.0 Å². The fourth-order valence-electron chi connectivity index (χ4n) is 1.98. The van der Waals surface area contributed by atoms with Crippen molar-refractivity contribution in [2.45, 2.75) is 31.6 Å². The molecule has 0 radical (unpaired) electrons. The first kappa shape index (κ1) is 12.3. The van der Waals surface area contributed by atoms with E-state index in [9.17, 15) is 13.2 Å². The van der Waals surface area contributed by atoms with Crippen molar-refractivity contribution >= 4 is 15.8 Å². The molecule has 0 spiro atoms. The summed E-state index contributed by atoms with van der Waals surface area (Å²) < 4.78 is 30.7. The molecule has 1 aliphatic rings. The fourth-order valence-corrected chi connectivity index (χ4v) is 3.74. The van der Waals surface area contributed by atoms with Crippen LogP contribution >= 0.6 is 0 Å². The van der Waals surface area contributed by atoms with Gasteiger partial charge in [-0.15, -0.1) is 0 Å². The average Bonchev–Trinajstić information content (AvgIpc) is 2.59. The molecule has 94 valence electrons. The van der Waals surface area contributed by atoms with Gasteiger partial charge in [-0.1, -0.05) is 5.16 Å². The van der Waals surface area contributed by atoms with Gasteiger partial charge in [-0.2, -0.15) is 4.31 Å². The SMILES string of the molecule is Cc1noc(C)c1S(=O)(=O)N1CCCC(=O)C1. The van der Waals surface area contributed by atoms with Gasteiger partial charge in [0.15, 0.2) is 5.76 Å². The van der Waals surface area contributed by atoms with Crippen molar-refractivity contribution in [3.8, 4) is 0 Å². The molecule has 0 unspecified atom stereocenters. The highest BCUT2D eigenvalue weighted by Gasteiger charge is 2.33. The molecule has 0 N–H and O–H groups in total. The number of aromatic nitrogens is 1. The van der Waals surface area contributed by atoms with Crippen LogP contribution in [0.3, 0.4) is 0 Å². The highest BCUT2D eigenvalue weighted by molar-refractivity contribution is 7.89. The third kappa shape index (κ3) is 2.12. The van der Waals surface area contributed by atoms with Crippen LogP contribution in [0.4, 0.5) is 0 Å². The third-order valence-corrected chi connectivity index (χ3v) is 4.87. The van der Waals surface area contributed by atoms with Gasteiger partial charge in [0.25, 0.3) is 0 Å². The second-order valence-electron chi connectivity index (χ2n) is 4.13. The van der Waals surface area contributed by atoms with E-state index in [2.05, 4.69) is 5.16 Å². The predicted octanol–water partition coefficient (Wildman–Crippen LogP) is 0.645. The van der Waals surface area contributed by atoms with Crippen LogP contribution in [-0.2, 0) is 14.8 Å². The van der Waals surface area contributed by atoms with E-state index < -0.39 is 10.0 Å². The topological polar surface area (TPSA) is 80.5 Å². The zero-order valence-corrected chi connectivity index (χ0v) is 10.6. The molecule has 0 aromatic carbocycles. The van der Waals surface area contributed by atoms with Gasteiger partial charge in [0.2, 0.25) is 10.0 Å². The van der Waals surface area contributed by atoms with Crippen LogP contribution in [-0.4, -0.2) is 36.8 Å². The number of Topliss-reactive ketones (excluding diaryl/α,β-unsaturated/α-hetero) is 1. The van der Waals surface area contributed by atoms with E-state index >= 15 is 0 Å². The zero-order valence-electron chi connectivity index (χ0n) is 9.76. The van der Waals surface area contributed by atoms with Gasteiger partial charge >= 0.3 is 0 Å². The normalized spacial score (nSPS) is 18.6. The number of hydrogen-bond acceptors (Lipinski definition) is 5. The van der Waals surface area contributed by atoms with Gasteiger partial charge in [0, 0.05) is 13.0 Å². The maximum atomic E-state index is 12.3. The van der Waals surface area contributed by atoms with Gasteiger partial charge < -0.3 is 4.52 Å². The molecule has 1 fully saturated rings. The van der Waals surface area contributed by atoms with Crippen LogP contribution in [0.5, 0.6) is 0 Å². The van der Waals surface area contributed by atoms with Crippen molar-refractivity contribution in [3.63, 3.8) is 0 Å². The first-order valence-corrected chi connectivity index (χ1v) is 6.81. The molecular weight excluding hydrogens is 244 g/mol. The second-order valence-corrected chi connectivity index (χ2v) is 6.01. The average molecular weight is 258 g/mol. The standard InChI is InChI=1S/C10H14N2O4S/c1-7-10(8(2)16-11-7)17(14,15)12-5-3-4-9(13)6-12/h3-6H2,1-2H3. The lowest BCUT2D eigenvalue weighted by molar-refractivity contribution is -0.120. The number of hydrogen-bond donors (Lipinski definition) is 0. The minimum Gasteiger partial charge on any atom is -0.360 e. The molecule has 2 heterocycles. The van der Waals surface area contributed by atoms with Crippen molar-refractivity contribution in [3.05, 3.63) is 11.5 Å². The lowest BCUT2D eigenvalue weighted by atomic mass is 10.1. The summed E-state index contributed by atoms with van der Waals surface area (Å²) >= 11 is 0. The minimum absolute atomic E-state index is 0.0492. The Hall–Kier alpha value is -1.21. The Bertz CT molecular complexity index is 527. The van der Waals surface area contributed by atoms with Crippen molar-refractivity contribution in [1.82, 2.24) is 9.46 Å². The first-order chi connectivity index (χ1) is 7.93. The third-order valence-electron chi connectivity index (χ3n) is 2.78. The molecule has 1 aliphatic heterocycles. The summed E-state index contributed by atoms with van der Waals surface area (Å²) in [5, 5.41) is 3.63. The van der Waals surface area contributed by atoms with Gasteiger partial charge in [0.05, 0.1) is 6.54 Å². The molecule has 0 aliphatic carbocycles. The molecule has 2 rings (SSSR count). The smallest absolute Gasteiger partial charge is 0.248 e. The maximum absolute atomic E-state index is 12.3. The Morgan fingerprint density at radius 2 is 2.06 bits per heavy atom. The van der Waals surface area contributed by atoms with Crippen LogP contribution in [0.25, 0.3) is 0 Å². The molecule has 0 bridgehead atoms. The van der Waals surface area contributed by atoms with Gasteiger partial charge in [0.1, 0.15) is 16.4 Å². The van der Waals surface area contributed by atoms with Crippen molar-refractivity contribution < 1.29 is 17.7 Å². The van der Waals surface area contributed by atoms with E-state index in [4.69, 9.17) is 4.52 Å². The van der Waals surface area contributed by atoms with Crippen LogP contribution in [0, 0.1) is 13.8 Å². The summed E-state index contributed by atoms with van der Waals surface area (Å²) in [6.45, 7) is 3.46. The lowest BCUT2D eigenvalue weighted by Gasteiger charge is -2.24. The second kappa shape index (κ2) is 4.23. The molecule has 17 heavy (non-hydrogen) atoms.